The van der Waals surface area contributed by atoms with Crippen LogP contribution in [0.25, 0.3) is 5.76 Å². The van der Waals surface area contributed by atoms with Crippen LogP contribution in [0.4, 0.5) is 0 Å². The number of aromatic amines is 1. The van der Waals surface area contributed by atoms with E-state index >= 15 is 0 Å². The van der Waals surface area contributed by atoms with Crippen molar-refractivity contribution in [1.29, 1.82) is 0 Å². The molecule has 0 aliphatic carbocycles. The van der Waals surface area contributed by atoms with Crippen molar-refractivity contribution in [3.05, 3.63) is 64.0 Å². The molecule has 1 aromatic heterocycles. The summed E-state index contributed by atoms with van der Waals surface area (Å²) in [6.45, 7) is 6.94. The number of H-pyrrole nitrogens is 1. The van der Waals surface area contributed by atoms with Crippen LogP contribution in [-0.2, 0) is 9.59 Å². The number of nitrogens with zero attached hydrogens (tertiary/aromatic N) is 2. The van der Waals surface area contributed by atoms with E-state index in [9.17, 15) is 14.7 Å². The van der Waals surface area contributed by atoms with E-state index in [4.69, 9.17) is 0 Å². The molecule has 1 fully saturated rings. The number of rotatable bonds is 6. The Morgan fingerprint density at radius 3 is 2.31 bits per heavy atom. The van der Waals surface area contributed by atoms with Crippen molar-refractivity contribution in [3.63, 3.8) is 0 Å². The number of Topliss-reactive ketones (excluding diaryl/α,β-unsaturated/α-hetero) is 1. The first kappa shape index (κ1) is 20.9. The summed E-state index contributed by atoms with van der Waals surface area (Å²) in [4.78, 5) is 32.8. The van der Waals surface area contributed by atoms with Gasteiger partial charge in [-0.3, -0.25) is 9.59 Å². The molecular formula is C23H29N3O3. The second kappa shape index (κ2) is 8.25. The van der Waals surface area contributed by atoms with Gasteiger partial charge in [0.15, 0.2) is 0 Å². The number of hydrogen-bond acceptors (Lipinski definition) is 4. The molecule has 2 N–H and O–H groups in total. The summed E-state index contributed by atoms with van der Waals surface area (Å²) in [5.41, 5.74) is 4.18. The molecule has 6 heteroatoms. The monoisotopic (exact) mass is 395 g/mol. The van der Waals surface area contributed by atoms with E-state index in [1.807, 2.05) is 70.1 Å². The van der Waals surface area contributed by atoms with Gasteiger partial charge in [0.1, 0.15) is 5.76 Å². The van der Waals surface area contributed by atoms with Gasteiger partial charge in [-0.1, -0.05) is 30.3 Å². The number of nitrogens with one attached hydrogen (secondary N) is 1. The number of aromatic nitrogens is 1. The van der Waals surface area contributed by atoms with E-state index in [1.54, 1.807) is 4.90 Å². The lowest BCUT2D eigenvalue weighted by Gasteiger charge is -2.26. The highest BCUT2D eigenvalue weighted by Crippen LogP contribution is 2.40. The van der Waals surface area contributed by atoms with Crippen LogP contribution < -0.4 is 0 Å². The van der Waals surface area contributed by atoms with Crippen LogP contribution in [0.5, 0.6) is 0 Å². The standard InChI is InChI=1S/C23H29N3O3/c1-14-15(2)24-16(3)18(14)21(27)19-20(17-10-7-6-8-11-17)26(23(29)22(19)28)13-9-12-25(4)5/h6-8,10-11,20,24,27H,9,12-13H2,1-5H3/b21-19+. The van der Waals surface area contributed by atoms with E-state index in [1.165, 1.54) is 0 Å². The average molecular weight is 396 g/mol. The topological polar surface area (TPSA) is 76.6 Å². The zero-order chi connectivity index (χ0) is 21.3. The minimum atomic E-state index is -0.626. The first-order valence-corrected chi connectivity index (χ1v) is 9.88. The normalized spacial score (nSPS) is 18.8. The predicted molar refractivity (Wildman–Crippen MR) is 114 cm³/mol. The van der Waals surface area contributed by atoms with Crippen molar-refractivity contribution in [1.82, 2.24) is 14.8 Å². The van der Waals surface area contributed by atoms with E-state index in [2.05, 4.69) is 4.98 Å². The predicted octanol–water partition coefficient (Wildman–Crippen LogP) is 3.31. The SMILES string of the molecule is Cc1[nH]c(C)c(/C(O)=C2\C(=O)C(=O)N(CCCN(C)C)C2c2ccccc2)c1C. The molecular weight excluding hydrogens is 366 g/mol. The van der Waals surface area contributed by atoms with Gasteiger partial charge in [0, 0.05) is 23.5 Å². The summed E-state index contributed by atoms with van der Waals surface area (Å²) < 4.78 is 0. The number of carbonyl (C=O) groups excluding carboxylic acids is 2. The Balaban J connectivity index is 2.13. The number of aryl methyl sites for hydroxylation is 2. The van der Waals surface area contributed by atoms with Crippen molar-refractivity contribution in [3.8, 4) is 0 Å². The number of aliphatic hydroxyl groups is 1. The number of ketones is 1. The van der Waals surface area contributed by atoms with Crippen LogP contribution in [0.2, 0.25) is 0 Å². The van der Waals surface area contributed by atoms with Gasteiger partial charge in [-0.2, -0.15) is 0 Å². The highest BCUT2D eigenvalue weighted by atomic mass is 16.3. The third-order valence-electron chi connectivity index (χ3n) is 5.58. The molecule has 2 heterocycles. The summed E-state index contributed by atoms with van der Waals surface area (Å²) in [5, 5.41) is 11.2. The first-order valence-electron chi connectivity index (χ1n) is 9.88. The highest BCUT2D eigenvalue weighted by molar-refractivity contribution is 6.46. The first-order chi connectivity index (χ1) is 13.7. The van der Waals surface area contributed by atoms with Gasteiger partial charge < -0.3 is 19.9 Å². The van der Waals surface area contributed by atoms with Crippen LogP contribution in [0.1, 0.15) is 40.5 Å². The van der Waals surface area contributed by atoms with Gasteiger partial charge in [0.2, 0.25) is 0 Å². The summed E-state index contributed by atoms with van der Waals surface area (Å²) in [6.07, 6.45) is 0.741. The molecule has 1 aliphatic rings. The lowest BCUT2D eigenvalue weighted by molar-refractivity contribution is -0.139. The van der Waals surface area contributed by atoms with Crippen LogP contribution in [0.3, 0.4) is 0 Å². The number of likely N-dealkylation sites (tertiary alicyclic amines) is 1. The molecule has 0 bridgehead atoms. The molecule has 0 radical (unpaired) electrons. The van der Waals surface area contributed by atoms with Gasteiger partial charge in [-0.05, 0) is 59.0 Å². The lowest BCUT2D eigenvalue weighted by atomic mass is 9.94. The maximum Gasteiger partial charge on any atom is 0.295 e. The van der Waals surface area contributed by atoms with Crippen LogP contribution >= 0.6 is 0 Å². The molecule has 2 aromatic rings. The van der Waals surface area contributed by atoms with Crippen LogP contribution in [0.15, 0.2) is 35.9 Å². The molecule has 0 saturated carbocycles. The summed E-state index contributed by atoms with van der Waals surface area (Å²) in [7, 11) is 3.95. The fraction of sp³-hybridized carbons (Fsp3) is 0.391. The third kappa shape index (κ3) is 3.85. The number of benzene rings is 1. The zero-order valence-corrected chi connectivity index (χ0v) is 17.7. The Bertz CT molecular complexity index is 957. The molecule has 1 atom stereocenters. The molecule has 6 nitrogen and oxygen atoms in total. The minimum Gasteiger partial charge on any atom is -0.507 e. The van der Waals surface area contributed by atoms with Crippen molar-refractivity contribution in [2.24, 2.45) is 0 Å². The van der Waals surface area contributed by atoms with Gasteiger partial charge in [0.25, 0.3) is 11.7 Å². The summed E-state index contributed by atoms with van der Waals surface area (Å²) >= 11 is 0. The Hall–Kier alpha value is -2.86. The molecule has 1 unspecified atom stereocenters. The Kier molecular flexibility index (Phi) is 5.94. The van der Waals surface area contributed by atoms with Gasteiger partial charge in [-0.25, -0.2) is 0 Å². The Morgan fingerprint density at radius 1 is 1.10 bits per heavy atom. The second-order valence-electron chi connectivity index (χ2n) is 7.94. The van der Waals surface area contributed by atoms with E-state index in [0.717, 1.165) is 35.5 Å². The van der Waals surface area contributed by atoms with Crippen molar-refractivity contribution in [2.75, 3.05) is 27.2 Å². The van der Waals surface area contributed by atoms with Gasteiger partial charge >= 0.3 is 0 Å². The number of hydrogen-bond donors (Lipinski definition) is 2. The molecule has 29 heavy (non-hydrogen) atoms. The van der Waals surface area contributed by atoms with E-state index < -0.39 is 17.7 Å². The fourth-order valence-electron chi connectivity index (χ4n) is 4.05. The quantitative estimate of drug-likeness (QED) is 0.447. The van der Waals surface area contributed by atoms with Crippen LogP contribution in [0, 0.1) is 20.8 Å². The van der Waals surface area contributed by atoms with Crippen LogP contribution in [-0.4, -0.2) is 58.8 Å². The molecule has 0 spiro atoms. The lowest BCUT2D eigenvalue weighted by Crippen LogP contribution is -2.32. The summed E-state index contributed by atoms with van der Waals surface area (Å²) in [6, 6.07) is 8.85. The third-order valence-corrected chi connectivity index (χ3v) is 5.58. The molecule has 3 rings (SSSR count). The molecule has 1 aliphatic heterocycles. The Labute approximate surface area is 171 Å². The fourth-order valence-corrected chi connectivity index (χ4v) is 4.05. The maximum absolute atomic E-state index is 13.0. The van der Waals surface area contributed by atoms with E-state index in [-0.39, 0.29) is 11.3 Å². The van der Waals surface area contributed by atoms with E-state index in [0.29, 0.717) is 12.1 Å². The number of aliphatic hydroxyl groups excluding tert-OH is 1. The molecule has 1 saturated heterocycles. The molecule has 1 aromatic carbocycles. The number of carbonyl (C=O) groups is 2. The van der Waals surface area contributed by atoms with Crippen molar-refractivity contribution >= 4 is 17.4 Å². The number of amides is 1. The maximum atomic E-state index is 13.0. The zero-order valence-electron chi connectivity index (χ0n) is 17.7. The van der Waals surface area contributed by atoms with Crippen molar-refractivity contribution < 1.29 is 14.7 Å². The Morgan fingerprint density at radius 2 is 1.76 bits per heavy atom. The molecule has 1 amide bonds. The minimum absolute atomic E-state index is 0.105. The molecule has 154 valence electrons. The highest BCUT2D eigenvalue weighted by Gasteiger charge is 2.46. The second-order valence-corrected chi connectivity index (χ2v) is 7.94. The van der Waals surface area contributed by atoms with Crippen molar-refractivity contribution in [2.45, 2.75) is 33.2 Å². The van der Waals surface area contributed by atoms with Gasteiger partial charge in [0.05, 0.1) is 11.6 Å². The average Bonchev–Trinajstić information content (AvgIpc) is 3.08. The smallest absolute Gasteiger partial charge is 0.295 e. The van der Waals surface area contributed by atoms with Gasteiger partial charge in [-0.15, -0.1) is 0 Å². The largest absolute Gasteiger partial charge is 0.507 e. The summed E-state index contributed by atoms with van der Waals surface area (Å²) in [5.74, 6) is -1.28.